The van der Waals surface area contributed by atoms with Gasteiger partial charge in [-0.1, -0.05) is 12.1 Å². The van der Waals surface area contributed by atoms with Gasteiger partial charge in [0.05, 0.1) is 11.2 Å². The highest BCUT2D eigenvalue weighted by Crippen LogP contribution is 2.29. The first-order valence-corrected chi connectivity index (χ1v) is 8.92. The molecule has 4 rings (SSSR count). The van der Waals surface area contributed by atoms with Crippen molar-refractivity contribution in [2.24, 2.45) is 0 Å². The molecule has 0 fully saturated rings. The molecule has 1 aromatic heterocycles. The van der Waals surface area contributed by atoms with Crippen LogP contribution in [0.5, 0.6) is 0 Å². The number of hydrogen-bond acceptors (Lipinski definition) is 4. The van der Waals surface area contributed by atoms with Gasteiger partial charge in [-0.25, -0.2) is 9.37 Å². The average molecular weight is 367 g/mol. The molecule has 0 unspecified atom stereocenters. The SMILES string of the molecule is O=C1CCc2cc(NC(=O)c3scnc3-c3cccc(F)c3)ccc2N1. The number of thiazole rings is 1. The number of carbonyl (C=O) groups is 2. The van der Waals surface area contributed by atoms with Crippen LogP contribution in [0.25, 0.3) is 11.3 Å². The van der Waals surface area contributed by atoms with Gasteiger partial charge >= 0.3 is 0 Å². The Kier molecular flexibility index (Phi) is 4.22. The topological polar surface area (TPSA) is 71.1 Å². The van der Waals surface area contributed by atoms with E-state index >= 15 is 0 Å². The van der Waals surface area contributed by atoms with Crippen LogP contribution in [0.3, 0.4) is 0 Å². The van der Waals surface area contributed by atoms with Gasteiger partial charge in [-0.2, -0.15) is 0 Å². The molecule has 0 saturated heterocycles. The zero-order valence-electron chi connectivity index (χ0n) is 13.6. The Morgan fingerprint density at radius 3 is 2.92 bits per heavy atom. The summed E-state index contributed by atoms with van der Waals surface area (Å²) in [6, 6.07) is 11.4. The van der Waals surface area contributed by atoms with Crippen molar-refractivity contribution in [1.82, 2.24) is 4.98 Å². The van der Waals surface area contributed by atoms with Gasteiger partial charge in [0.2, 0.25) is 5.91 Å². The number of nitrogens with zero attached hydrogens (tertiary/aromatic N) is 1. The van der Waals surface area contributed by atoms with Gasteiger partial charge in [-0.3, -0.25) is 9.59 Å². The van der Waals surface area contributed by atoms with E-state index in [0.29, 0.717) is 34.7 Å². The standard InChI is InChI=1S/C19H14FN3O2S/c20-13-3-1-2-12(8-13)17-18(26-10-21-17)19(25)22-14-5-6-15-11(9-14)4-7-16(24)23-15/h1-3,5-6,8-10H,4,7H2,(H,22,25)(H,23,24). The van der Waals surface area contributed by atoms with Crippen molar-refractivity contribution in [3.63, 3.8) is 0 Å². The number of rotatable bonds is 3. The van der Waals surface area contributed by atoms with Crippen LogP contribution < -0.4 is 10.6 Å². The summed E-state index contributed by atoms with van der Waals surface area (Å²) < 4.78 is 13.5. The first-order valence-electron chi connectivity index (χ1n) is 8.04. The zero-order chi connectivity index (χ0) is 18.1. The Morgan fingerprint density at radius 2 is 2.08 bits per heavy atom. The van der Waals surface area contributed by atoms with Crippen molar-refractivity contribution in [2.45, 2.75) is 12.8 Å². The number of amides is 2. The molecule has 0 atom stereocenters. The third kappa shape index (κ3) is 3.21. The molecular weight excluding hydrogens is 353 g/mol. The first-order chi connectivity index (χ1) is 12.6. The van der Waals surface area contributed by atoms with Crippen molar-refractivity contribution in [3.8, 4) is 11.3 Å². The van der Waals surface area contributed by atoms with E-state index < -0.39 is 0 Å². The molecule has 0 bridgehead atoms. The number of anilines is 2. The van der Waals surface area contributed by atoms with E-state index in [0.717, 1.165) is 11.3 Å². The normalized spacial score (nSPS) is 13.0. The fourth-order valence-electron chi connectivity index (χ4n) is 2.90. The van der Waals surface area contributed by atoms with E-state index in [1.54, 1.807) is 29.8 Å². The lowest BCUT2D eigenvalue weighted by atomic mass is 10.0. The van der Waals surface area contributed by atoms with E-state index in [1.165, 1.54) is 23.5 Å². The minimum atomic E-state index is -0.376. The fourth-order valence-corrected chi connectivity index (χ4v) is 3.60. The van der Waals surface area contributed by atoms with E-state index in [2.05, 4.69) is 15.6 Å². The third-order valence-corrected chi connectivity index (χ3v) is 4.96. The maximum Gasteiger partial charge on any atom is 0.268 e. The summed E-state index contributed by atoms with van der Waals surface area (Å²) in [6.45, 7) is 0. The monoisotopic (exact) mass is 367 g/mol. The number of fused-ring (bicyclic) bond motifs is 1. The number of carbonyl (C=O) groups excluding carboxylic acids is 2. The van der Waals surface area contributed by atoms with Crippen LogP contribution in [0.1, 0.15) is 21.7 Å². The first kappa shape index (κ1) is 16.4. The zero-order valence-corrected chi connectivity index (χ0v) is 14.4. The van der Waals surface area contributed by atoms with E-state index in [-0.39, 0.29) is 17.6 Å². The van der Waals surface area contributed by atoms with Gasteiger partial charge in [0.25, 0.3) is 5.91 Å². The molecule has 26 heavy (non-hydrogen) atoms. The molecule has 5 nitrogen and oxygen atoms in total. The highest BCUT2D eigenvalue weighted by atomic mass is 32.1. The molecule has 0 saturated carbocycles. The molecule has 2 heterocycles. The molecule has 130 valence electrons. The van der Waals surface area contributed by atoms with E-state index in [4.69, 9.17) is 0 Å². The molecule has 2 amide bonds. The molecule has 1 aliphatic heterocycles. The summed E-state index contributed by atoms with van der Waals surface area (Å²) in [6.07, 6.45) is 1.07. The predicted octanol–water partition coefficient (Wildman–Crippen LogP) is 4.09. The number of nitrogens with one attached hydrogen (secondary N) is 2. The lowest BCUT2D eigenvalue weighted by Crippen LogP contribution is -2.19. The largest absolute Gasteiger partial charge is 0.326 e. The van der Waals surface area contributed by atoms with E-state index in [9.17, 15) is 14.0 Å². The molecule has 1 aliphatic rings. The van der Waals surface area contributed by atoms with Gasteiger partial charge in [0.15, 0.2) is 0 Å². The molecule has 3 aromatic rings. The van der Waals surface area contributed by atoms with Crippen LogP contribution >= 0.6 is 11.3 Å². The Bertz CT molecular complexity index is 1020. The number of benzene rings is 2. The smallest absolute Gasteiger partial charge is 0.268 e. The minimum Gasteiger partial charge on any atom is -0.326 e. The number of aryl methyl sites for hydroxylation is 1. The second-order valence-electron chi connectivity index (χ2n) is 5.91. The lowest BCUT2D eigenvalue weighted by molar-refractivity contribution is -0.116. The summed E-state index contributed by atoms with van der Waals surface area (Å²) in [7, 11) is 0. The van der Waals surface area contributed by atoms with Crippen LogP contribution in [0.4, 0.5) is 15.8 Å². The molecule has 0 aliphatic carbocycles. The van der Waals surface area contributed by atoms with Crippen molar-refractivity contribution < 1.29 is 14.0 Å². The van der Waals surface area contributed by atoms with Crippen molar-refractivity contribution in [2.75, 3.05) is 10.6 Å². The second-order valence-corrected chi connectivity index (χ2v) is 6.77. The number of aromatic nitrogens is 1. The van der Waals surface area contributed by atoms with Crippen LogP contribution in [0.15, 0.2) is 48.0 Å². The van der Waals surface area contributed by atoms with E-state index in [1.807, 2.05) is 6.07 Å². The molecule has 2 aromatic carbocycles. The Morgan fingerprint density at radius 1 is 1.19 bits per heavy atom. The van der Waals surface area contributed by atoms with Gasteiger partial charge in [0, 0.05) is 23.4 Å². The third-order valence-electron chi connectivity index (χ3n) is 4.13. The highest BCUT2D eigenvalue weighted by Gasteiger charge is 2.19. The Hall–Kier alpha value is -3.06. The second kappa shape index (κ2) is 6.68. The fraction of sp³-hybridized carbons (Fsp3) is 0.105. The molecule has 7 heteroatoms. The van der Waals surface area contributed by atoms with Crippen LogP contribution in [0.2, 0.25) is 0 Å². The summed E-state index contributed by atoms with van der Waals surface area (Å²) in [5.41, 5.74) is 4.98. The predicted molar refractivity (Wildman–Crippen MR) is 98.9 cm³/mol. The van der Waals surface area contributed by atoms with Gasteiger partial charge in [-0.05, 0) is 42.3 Å². The Balaban J connectivity index is 1.58. The average Bonchev–Trinajstić information content (AvgIpc) is 3.12. The Labute approximate surface area is 152 Å². The number of hydrogen-bond donors (Lipinski definition) is 2. The number of halogens is 1. The summed E-state index contributed by atoms with van der Waals surface area (Å²) in [5.74, 6) is -0.677. The van der Waals surface area contributed by atoms with Crippen LogP contribution in [-0.2, 0) is 11.2 Å². The van der Waals surface area contributed by atoms with Crippen molar-refractivity contribution in [3.05, 3.63) is 64.2 Å². The highest BCUT2D eigenvalue weighted by molar-refractivity contribution is 7.12. The van der Waals surface area contributed by atoms with Crippen molar-refractivity contribution in [1.29, 1.82) is 0 Å². The molecule has 0 spiro atoms. The summed E-state index contributed by atoms with van der Waals surface area (Å²) in [4.78, 5) is 28.7. The minimum absolute atomic E-state index is 0.00122. The maximum atomic E-state index is 13.5. The van der Waals surface area contributed by atoms with Gasteiger partial charge in [-0.15, -0.1) is 11.3 Å². The van der Waals surface area contributed by atoms with Crippen molar-refractivity contribution >= 4 is 34.5 Å². The summed E-state index contributed by atoms with van der Waals surface area (Å²) >= 11 is 1.20. The molecule has 0 radical (unpaired) electrons. The molecule has 2 N–H and O–H groups in total. The molecular formula is C19H14FN3O2S. The van der Waals surface area contributed by atoms with Crippen LogP contribution in [0, 0.1) is 5.82 Å². The van der Waals surface area contributed by atoms with Gasteiger partial charge in [0.1, 0.15) is 10.7 Å². The lowest BCUT2D eigenvalue weighted by Gasteiger charge is -2.17. The van der Waals surface area contributed by atoms with Gasteiger partial charge < -0.3 is 10.6 Å². The maximum absolute atomic E-state index is 13.5. The quantitative estimate of drug-likeness (QED) is 0.733. The summed E-state index contributed by atoms with van der Waals surface area (Å²) in [5, 5.41) is 5.66. The van der Waals surface area contributed by atoms with Crippen LogP contribution in [-0.4, -0.2) is 16.8 Å².